The van der Waals surface area contributed by atoms with Crippen molar-refractivity contribution in [1.29, 1.82) is 0 Å². The normalized spacial score (nSPS) is 32.8. The minimum atomic E-state index is -3.10. The largest absolute Gasteiger partial charge is 0.481 e. The summed E-state index contributed by atoms with van der Waals surface area (Å²) in [6.07, 6.45) is 0.796. The molecule has 0 aliphatic carbocycles. The van der Waals surface area contributed by atoms with Gasteiger partial charge in [-0.25, -0.2) is 8.42 Å². The lowest BCUT2D eigenvalue weighted by atomic mass is 9.76. The molecule has 2 unspecified atom stereocenters. The van der Waals surface area contributed by atoms with Crippen molar-refractivity contribution in [2.45, 2.75) is 26.7 Å². The third-order valence-electron chi connectivity index (χ3n) is 4.73. The van der Waals surface area contributed by atoms with Gasteiger partial charge in [0, 0.05) is 13.1 Å². The van der Waals surface area contributed by atoms with Crippen molar-refractivity contribution in [3.8, 4) is 0 Å². The number of hydrogen-bond donors (Lipinski definition) is 1. The van der Waals surface area contributed by atoms with Crippen molar-refractivity contribution in [2.24, 2.45) is 17.3 Å². The number of likely N-dealkylation sites (tertiary alicyclic amines) is 1. The Kier molecular flexibility index (Phi) is 3.83. The fourth-order valence-electron chi connectivity index (χ4n) is 3.16. The third-order valence-corrected chi connectivity index (χ3v) is 6.49. The minimum Gasteiger partial charge on any atom is -0.481 e. The first-order valence-electron chi connectivity index (χ1n) is 6.90. The molecule has 0 radical (unpaired) electrons. The van der Waals surface area contributed by atoms with Crippen molar-refractivity contribution in [3.63, 3.8) is 0 Å². The molecule has 0 saturated carbocycles. The first-order valence-corrected chi connectivity index (χ1v) is 8.73. The number of carboxylic acid groups (broad SMARTS) is 1. The fourth-order valence-corrected chi connectivity index (χ4v) is 4.89. The van der Waals surface area contributed by atoms with Gasteiger partial charge in [-0.05, 0) is 18.8 Å². The monoisotopic (exact) mass is 303 g/mol. The second-order valence-electron chi connectivity index (χ2n) is 6.23. The van der Waals surface area contributed by atoms with E-state index in [2.05, 4.69) is 0 Å². The van der Waals surface area contributed by atoms with Crippen LogP contribution >= 0.6 is 0 Å². The summed E-state index contributed by atoms with van der Waals surface area (Å²) in [7, 11) is -3.10. The van der Waals surface area contributed by atoms with Crippen molar-refractivity contribution in [3.05, 3.63) is 0 Å². The highest BCUT2D eigenvalue weighted by molar-refractivity contribution is 7.91. The maximum atomic E-state index is 12.3. The zero-order valence-electron chi connectivity index (χ0n) is 11.8. The van der Waals surface area contributed by atoms with Gasteiger partial charge >= 0.3 is 5.97 Å². The average molecular weight is 303 g/mol. The number of carbonyl (C=O) groups is 2. The summed E-state index contributed by atoms with van der Waals surface area (Å²) in [6, 6.07) is 0. The van der Waals surface area contributed by atoms with Crippen LogP contribution in [0.15, 0.2) is 0 Å². The van der Waals surface area contributed by atoms with Gasteiger partial charge in [-0.15, -0.1) is 0 Å². The van der Waals surface area contributed by atoms with Crippen LogP contribution in [0.2, 0.25) is 0 Å². The molecule has 0 aromatic carbocycles. The topological polar surface area (TPSA) is 91.8 Å². The van der Waals surface area contributed by atoms with Crippen molar-refractivity contribution >= 4 is 21.7 Å². The van der Waals surface area contributed by atoms with Crippen LogP contribution < -0.4 is 0 Å². The number of sulfone groups is 1. The summed E-state index contributed by atoms with van der Waals surface area (Å²) >= 11 is 0. The van der Waals surface area contributed by atoms with Gasteiger partial charge in [-0.3, -0.25) is 9.59 Å². The number of rotatable bonds is 3. The van der Waals surface area contributed by atoms with Crippen LogP contribution in [0.4, 0.5) is 0 Å². The Bertz CT molecular complexity index is 527. The number of nitrogens with zero attached hydrogens (tertiary/aromatic N) is 1. The molecule has 114 valence electrons. The van der Waals surface area contributed by atoms with E-state index in [1.165, 1.54) is 0 Å². The standard InChI is InChI=1S/C13H21NO5S/c1-9(2)13(12(16)17)4-5-14(8-13)11(15)10-3-6-20(18,19)7-10/h9-10H,3-8H2,1-2H3,(H,16,17). The van der Waals surface area contributed by atoms with E-state index in [-0.39, 0.29) is 29.9 Å². The predicted octanol–water partition coefficient (Wildman–Crippen LogP) is 0.380. The SMILES string of the molecule is CC(C)C1(C(=O)O)CCN(C(=O)C2CCS(=O)(=O)C2)C1. The van der Waals surface area contributed by atoms with Crippen LogP contribution in [0, 0.1) is 17.3 Å². The summed E-state index contributed by atoms with van der Waals surface area (Å²) < 4.78 is 22.9. The van der Waals surface area contributed by atoms with Crippen molar-refractivity contribution in [1.82, 2.24) is 4.90 Å². The maximum Gasteiger partial charge on any atom is 0.311 e. The number of carboxylic acids is 1. The molecule has 20 heavy (non-hydrogen) atoms. The Morgan fingerprint density at radius 3 is 2.40 bits per heavy atom. The number of carbonyl (C=O) groups excluding carboxylic acids is 1. The van der Waals surface area contributed by atoms with Gasteiger partial charge in [0.05, 0.1) is 22.8 Å². The van der Waals surface area contributed by atoms with E-state index in [0.29, 0.717) is 19.4 Å². The molecule has 0 bridgehead atoms. The zero-order valence-corrected chi connectivity index (χ0v) is 12.6. The van der Waals surface area contributed by atoms with Crippen LogP contribution in [-0.4, -0.2) is 54.9 Å². The molecule has 0 aromatic heterocycles. The quantitative estimate of drug-likeness (QED) is 0.814. The molecule has 0 spiro atoms. The molecule has 7 heteroatoms. The van der Waals surface area contributed by atoms with Gasteiger partial charge in [0.25, 0.3) is 0 Å². The molecular formula is C13H21NO5S. The predicted molar refractivity (Wildman–Crippen MR) is 72.9 cm³/mol. The summed E-state index contributed by atoms with van der Waals surface area (Å²) in [4.78, 5) is 25.4. The Balaban J connectivity index is 2.09. The Morgan fingerprint density at radius 2 is 2.00 bits per heavy atom. The lowest BCUT2D eigenvalue weighted by Crippen LogP contribution is -2.42. The highest BCUT2D eigenvalue weighted by atomic mass is 32.2. The van der Waals surface area contributed by atoms with Gasteiger partial charge < -0.3 is 10.0 Å². The molecule has 6 nitrogen and oxygen atoms in total. The lowest BCUT2D eigenvalue weighted by molar-refractivity contribution is -0.151. The Morgan fingerprint density at radius 1 is 1.35 bits per heavy atom. The summed E-state index contributed by atoms with van der Waals surface area (Å²) in [5.74, 6) is -1.66. The van der Waals surface area contributed by atoms with Gasteiger partial charge in [0.1, 0.15) is 0 Å². The molecule has 2 rings (SSSR count). The molecule has 1 amide bonds. The zero-order chi connectivity index (χ0) is 15.1. The van der Waals surface area contributed by atoms with E-state index < -0.39 is 27.1 Å². The molecule has 2 saturated heterocycles. The van der Waals surface area contributed by atoms with E-state index in [4.69, 9.17) is 0 Å². The molecule has 1 N–H and O–H groups in total. The molecule has 0 aromatic rings. The third kappa shape index (κ3) is 2.55. The second kappa shape index (κ2) is 5.02. The van der Waals surface area contributed by atoms with Crippen molar-refractivity contribution < 1.29 is 23.1 Å². The van der Waals surface area contributed by atoms with Gasteiger partial charge in [0.15, 0.2) is 9.84 Å². The Labute approximate surface area is 119 Å². The molecule has 2 aliphatic rings. The number of hydrogen-bond acceptors (Lipinski definition) is 4. The first kappa shape index (κ1) is 15.3. The van der Waals surface area contributed by atoms with Crippen LogP contribution in [0.5, 0.6) is 0 Å². The van der Waals surface area contributed by atoms with Gasteiger partial charge in [-0.2, -0.15) is 0 Å². The molecule has 2 heterocycles. The van der Waals surface area contributed by atoms with Gasteiger partial charge in [-0.1, -0.05) is 13.8 Å². The van der Waals surface area contributed by atoms with Crippen molar-refractivity contribution in [2.75, 3.05) is 24.6 Å². The summed E-state index contributed by atoms with van der Waals surface area (Å²) in [6.45, 7) is 4.29. The molecular weight excluding hydrogens is 282 g/mol. The van der Waals surface area contributed by atoms with Crippen LogP contribution in [0.3, 0.4) is 0 Å². The van der Waals surface area contributed by atoms with E-state index >= 15 is 0 Å². The molecule has 2 atom stereocenters. The van der Waals surface area contributed by atoms with Crippen LogP contribution in [-0.2, 0) is 19.4 Å². The van der Waals surface area contributed by atoms with E-state index in [1.54, 1.807) is 4.90 Å². The second-order valence-corrected chi connectivity index (χ2v) is 8.45. The minimum absolute atomic E-state index is 0.0610. The highest BCUT2D eigenvalue weighted by Crippen LogP contribution is 2.39. The molecule has 2 aliphatic heterocycles. The maximum absolute atomic E-state index is 12.3. The van der Waals surface area contributed by atoms with Gasteiger partial charge in [0.2, 0.25) is 5.91 Å². The highest BCUT2D eigenvalue weighted by Gasteiger charge is 2.49. The molecule has 2 fully saturated rings. The summed E-state index contributed by atoms with van der Waals surface area (Å²) in [5.41, 5.74) is -0.896. The number of aliphatic carboxylic acids is 1. The fraction of sp³-hybridized carbons (Fsp3) is 0.846. The van der Waals surface area contributed by atoms with Crippen LogP contribution in [0.1, 0.15) is 26.7 Å². The smallest absolute Gasteiger partial charge is 0.311 e. The van der Waals surface area contributed by atoms with E-state index in [0.717, 1.165) is 0 Å². The lowest BCUT2D eigenvalue weighted by Gasteiger charge is -2.29. The van der Waals surface area contributed by atoms with E-state index in [1.807, 2.05) is 13.8 Å². The van der Waals surface area contributed by atoms with E-state index in [9.17, 15) is 23.1 Å². The Hall–Kier alpha value is -1.11. The van der Waals surface area contributed by atoms with Crippen LogP contribution in [0.25, 0.3) is 0 Å². The first-order chi connectivity index (χ1) is 9.18. The average Bonchev–Trinajstić information content (AvgIpc) is 2.92. The number of amides is 1. The summed E-state index contributed by atoms with van der Waals surface area (Å²) in [5, 5.41) is 9.45.